The number of anilines is 1. The van der Waals surface area contributed by atoms with E-state index in [2.05, 4.69) is 11.5 Å². The summed E-state index contributed by atoms with van der Waals surface area (Å²) in [5.41, 5.74) is 5.72. The molecule has 0 fully saturated rings. The number of hydrogen-bond acceptors (Lipinski definition) is 1. The zero-order chi connectivity index (χ0) is 8.10. The van der Waals surface area contributed by atoms with Crippen LogP contribution in [0.15, 0.2) is 24.4 Å². The van der Waals surface area contributed by atoms with Gasteiger partial charge in [0.1, 0.15) is 0 Å². The zero-order valence-electron chi connectivity index (χ0n) is 7.33. The minimum Gasteiger partial charge on any atom is -1.00 e. The summed E-state index contributed by atoms with van der Waals surface area (Å²) >= 11 is 0. The van der Waals surface area contributed by atoms with Gasteiger partial charge in [0, 0.05) is 6.07 Å². The summed E-state index contributed by atoms with van der Waals surface area (Å²) in [6.07, 6.45) is 4.42. The van der Waals surface area contributed by atoms with Gasteiger partial charge < -0.3 is 12.4 Å². The molecule has 0 aliphatic heterocycles. The van der Waals surface area contributed by atoms with E-state index in [0.29, 0.717) is 0 Å². The van der Waals surface area contributed by atoms with Gasteiger partial charge in [-0.2, -0.15) is 0 Å². The number of aromatic nitrogens is 1. The molecule has 0 saturated heterocycles. The highest BCUT2D eigenvalue weighted by Crippen LogP contribution is 1.93. The number of halogens is 1. The minimum absolute atomic E-state index is 0. The van der Waals surface area contributed by atoms with Crippen molar-refractivity contribution >= 4 is 5.82 Å². The number of nitrogens with two attached hydrogens (primary N) is 1. The third kappa shape index (κ3) is 3.09. The normalized spacial score (nSPS) is 9.08. The molecule has 0 spiro atoms. The van der Waals surface area contributed by atoms with E-state index in [4.69, 9.17) is 5.73 Å². The van der Waals surface area contributed by atoms with Gasteiger partial charge in [-0.1, -0.05) is 19.4 Å². The van der Waals surface area contributed by atoms with Gasteiger partial charge in [-0.05, 0) is 12.5 Å². The molecule has 0 amide bonds. The van der Waals surface area contributed by atoms with Crippen LogP contribution in [0.2, 0.25) is 0 Å². The number of pyridine rings is 1. The van der Waals surface area contributed by atoms with Crippen molar-refractivity contribution in [3.63, 3.8) is 0 Å². The predicted octanol–water partition coefficient (Wildman–Crippen LogP) is -1.64. The number of rotatable bonds is 3. The molecule has 2 N–H and O–H groups in total. The quantitative estimate of drug-likeness (QED) is 0.564. The zero-order valence-corrected chi connectivity index (χ0v) is 8.09. The molecular formula is C9H15ClN2. The topological polar surface area (TPSA) is 29.9 Å². The fourth-order valence-electron chi connectivity index (χ4n) is 1.02. The lowest BCUT2D eigenvalue weighted by atomic mass is 10.3. The molecule has 0 aliphatic rings. The van der Waals surface area contributed by atoms with Gasteiger partial charge in [0.25, 0.3) is 5.82 Å². The maximum absolute atomic E-state index is 5.72. The van der Waals surface area contributed by atoms with E-state index in [1.54, 1.807) is 0 Å². The molecule has 68 valence electrons. The van der Waals surface area contributed by atoms with Gasteiger partial charge in [-0.25, -0.2) is 4.57 Å². The van der Waals surface area contributed by atoms with E-state index < -0.39 is 0 Å². The van der Waals surface area contributed by atoms with Crippen molar-refractivity contribution in [2.24, 2.45) is 0 Å². The first-order valence-electron chi connectivity index (χ1n) is 4.08. The smallest absolute Gasteiger partial charge is 0.272 e. The monoisotopic (exact) mass is 186 g/mol. The summed E-state index contributed by atoms with van der Waals surface area (Å²) in [7, 11) is 0. The lowest BCUT2D eigenvalue weighted by molar-refractivity contribution is -0.683. The van der Waals surface area contributed by atoms with Crippen molar-refractivity contribution in [3.05, 3.63) is 24.4 Å². The van der Waals surface area contributed by atoms with Gasteiger partial charge >= 0.3 is 0 Å². The fraction of sp³-hybridized carbons (Fsp3) is 0.444. The summed E-state index contributed by atoms with van der Waals surface area (Å²) in [6, 6.07) is 5.89. The average Bonchev–Trinajstić information content (AvgIpc) is 2.03. The van der Waals surface area contributed by atoms with Crippen LogP contribution in [0.25, 0.3) is 0 Å². The second kappa shape index (κ2) is 5.84. The largest absolute Gasteiger partial charge is 1.00 e. The lowest BCUT2D eigenvalue weighted by Gasteiger charge is -1.99. The highest BCUT2D eigenvalue weighted by atomic mass is 35.5. The Morgan fingerprint density at radius 2 is 2.17 bits per heavy atom. The molecule has 0 atom stereocenters. The van der Waals surface area contributed by atoms with Crippen molar-refractivity contribution in [2.45, 2.75) is 26.3 Å². The number of nitrogens with zero attached hydrogens (tertiary/aromatic N) is 1. The molecule has 0 aliphatic carbocycles. The summed E-state index contributed by atoms with van der Waals surface area (Å²) in [5, 5.41) is 0. The van der Waals surface area contributed by atoms with E-state index in [0.717, 1.165) is 12.4 Å². The van der Waals surface area contributed by atoms with E-state index in [9.17, 15) is 0 Å². The van der Waals surface area contributed by atoms with Gasteiger partial charge in [0.05, 0.1) is 12.7 Å². The van der Waals surface area contributed by atoms with Crippen LogP contribution in [0.1, 0.15) is 19.8 Å². The number of unbranched alkanes of at least 4 members (excludes halogenated alkanes) is 1. The standard InChI is InChI=1S/C9H14N2.ClH/c1-2-3-7-11-8-5-4-6-9(11)10;/h4-6,8,10H,2-3,7H2,1H3;1H. The van der Waals surface area contributed by atoms with Gasteiger partial charge in [-0.15, -0.1) is 0 Å². The van der Waals surface area contributed by atoms with Crippen LogP contribution in [0.5, 0.6) is 0 Å². The van der Waals surface area contributed by atoms with Crippen LogP contribution in [-0.2, 0) is 6.54 Å². The molecule has 0 radical (unpaired) electrons. The molecular weight excluding hydrogens is 172 g/mol. The van der Waals surface area contributed by atoms with Crippen LogP contribution >= 0.6 is 0 Å². The minimum atomic E-state index is 0. The summed E-state index contributed by atoms with van der Waals surface area (Å²) in [6.45, 7) is 3.21. The molecule has 0 saturated carbocycles. The highest BCUT2D eigenvalue weighted by Gasteiger charge is 1.99. The second-order valence-corrected chi connectivity index (χ2v) is 2.67. The molecule has 1 aromatic rings. The summed E-state index contributed by atoms with van der Waals surface area (Å²) in [5.74, 6) is 0.848. The van der Waals surface area contributed by atoms with Crippen LogP contribution in [-0.4, -0.2) is 0 Å². The van der Waals surface area contributed by atoms with Crippen molar-refractivity contribution in [3.8, 4) is 0 Å². The van der Waals surface area contributed by atoms with Crippen LogP contribution in [0.4, 0.5) is 5.82 Å². The van der Waals surface area contributed by atoms with Crippen molar-refractivity contribution < 1.29 is 17.0 Å². The molecule has 12 heavy (non-hydrogen) atoms. The van der Waals surface area contributed by atoms with Gasteiger partial charge in [0.15, 0.2) is 0 Å². The molecule has 0 unspecified atom stereocenters. The molecule has 0 bridgehead atoms. The first-order valence-corrected chi connectivity index (χ1v) is 4.08. The first-order chi connectivity index (χ1) is 5.34. The lowest BCUT2D eigenvalue weighted by Crippen LogP contribution is -3.00. The second-order valence-electron chi connectivity index (χ2n) is 2.67. The predicted molar refractivity (Wildman–Crippen MR) is 46.0 cm³/mol. The van der Waals surface area contributed by atoms with Crippen LogP contribution in [0, 0.1) is 0 Å². The van der Waals surface area contributed by atoms with Crippen molar-refractivity contribution in [2.75, 3.05) is 5.73 Å². The molecule has 1 heterocycles. The number of hydrogen-bond donors (Lipinski definition) is 1. The third-order valence-corrected chi connectivity index (χ3v) is 1.73. The van der Waals surface area contributed by atoms with Crippen LogP contribution < -0.4 is 22.7 Å². The molecule has 1 aromatic heterocycles. The Morgan fingerprint density at radius 1 is 1.42 bits per heavy atom. The van der Waals surface area contributed by atoms with Crippen LogP contribution in [0.3, 0.4) is 0 Å². The average molecular weight is 187 g/mol. The molecule has 3 heteroatoms. The van der Waals surface area contributed by atoms with E-state index >= 15 is 0 Å². The Bertz CT molecular complexity index is 226. The number of nitrogen functional groups attached to an aromatic ring is 1. The van der Waals surface area contributed by atoms with Crippen molar-refractivity contribution in [1.82, 2.24) is 0 Å². The maximum atomic E-state index is 5.72. The van der Waals surface area contributed by atoms with E-state index in [1.807, 2.05) is 24.4 Å². The van der Waals surface area contributed by atoms with E-state index in [1.165, 1.54) is 12.8 Å². The maximum Gasteiger partial charge on any atom is 0.272 e. The Morgan fingerprint density at radius 3 is 2.75 bits per heavy atom. The molecule has 1 rings (SSSR count). The number of aryl methyl sites for hydroxylation is 1. The Balaban J connectivity index is 0.00000121. The fourth-order valence-corrected chi connectivity index (χ4v) is 1.02. The highest BCUT2D eigenvalue weighted by molar-refractivity contribution is 5.18. The molecule has 0 aromatic carbocycles. The Kier molecular flexibility index (Phi) is 5.47. The summed E-state index contributed by atoms with van der Waals surface area (Å²) in [4.78, 5) is 0. The molecule has 2 nitrogen and oxygen atoms in total. The van der Waals surface area contributed by atoms with E-state index in [-0.39, 0.29) is 12.4 Å². The Labute approximate surface area is 79.8 Å². The Hall–Kier alpha value is -0.760. The summed E-state index contributed by atoms with van der Waals surface area (Å²) < 4.78 is 2.07. The van der Waals surface area contributed by atoms with Gasteiger partial charge in [-0.3, -0.25) is 5.73 Å². The third-order valence-electron chi connectivity index (χ3n) is 1.73. The van der Waals surface area contributed by atoms with Gasteiger partial charge in [0.2, 0.25) is 0 Å². The first kappa shape index (κ1) is 11.2. The van der Waals surface area contributed by atoms with Crippen molar-refractivity contribution in [1.29, 1.82) is 0 Å². The SMILES string of the molecule is CCCC[n+]1ccccc1N.[Cl-].